The molecule has 160 valence electrons. The van der Waals surface area contributed by atoms with Crippen LogP contribution in [0.5, 0.6) is 11.5 Å². The number of hydrogen-bond acceptors (Lipinski definition) is 4. The fourth-order valence-electron chi connectivity index (χ4n) is 4.03. The number of fused-ring (bicyclic) bond motifs is 1. The molecule has 2 aromatic carbocycles. The number of hydrogen-bond donors (Lipinski definition) is 1. The summed E-state index contributed by atoms with van der Waals surface area (Å²) in [5.41, 5.74) is 4.84. The Kier molecular flexibility index (Phi) is 5.28. The molecule has 2 aromatic heterocycles. The lowest BCUT2D eigenvalue weighted by Crippen LogP contribution is -2.16. The van der Waals surface area contributed by atoms with Crippen LogP contribution in [0.1, 0.15) is 36.1 Å². The molecule has 0 spiro atoms. The molecule has 0 atom stereocenters. The highest BCUT2D eigenvalue weighted by Crippen LogP contribution is 2.41. The van der Waals surface area contributed by atoms with E-state index in [9.17, 15) is 9.90 Å². The molecule has 0 aliphatic rings. The lowest BCUT2D eigenvalue weighted by Gasteiger charge is -2.22. The average Bonchev–Trinajstić information content (AvgIpc) is 3.17. The Labute approximate surface area is 186 Å². The van der Waals surface area contributed by atoms with Gasteiger partial charge in [-0.2, -0.15) is 0 Å². The Morgan fingerprint density at radius 1 is 1.00 bits per heavy atom. The maximum atomic E-state index is 12.6. The van der Waals surface area contributed by atoms with Crippen molar-refractivity contribution in [1.82, 2.24) is 4.57 Å². The van der Waals surface area contributed by atoms with Gasteiger partial charge in [-0.3, -0.25) is 4.79 Å². The third-order valence-electron chi connectivity index (χ3n) is 5.59. The summed E-state index contributed by atoms with van der Waals surface area (Å²) in [4.78, 5) is 12.6. The number of nitrogens with zero attached hydrogens (tertiary/aromatic N) is 1. The Morgan fingerprint density at radius 2 is 1.68 bits per heavy atom. The number of benzene rings is 2. The summed E-state index contributed by atoms with van der Waals surface area (Å²) < 4.78 is 8.80. The third kappa shape index (κ3) is 3.91. The highest BCUT2D eigenvalue weighted by molar-refractivity contribution is 7.17. The van der Waals surface area contributed by atoms with Gasteiger partial charge < -0.3 is 14.4 Å². The summed E-state index contributed by atoms with van der Waals surface area (Å²) >= 11 is 1.44. The van der Waals surface area contributed by atoms with Gasteiger partial charge in [-0.15, -0.1) is 11.3 Å². The molecule has 0 bridgehead atoms. The molecule has 5 heteroatoms. The first kappa shape index (κ1) is 21.3. The van der Waals surface area contributed by atoms with Gasteiger partial charge in [0.25, 0.3) is 5.56 Å². The minimum absolute atomic E-state index is 0.0138. The Morgan fingerprint density at radius 3 is 2.32 bits per heavy atom. The van der Waals surface area contributed by atoms with Crippen LogP contribution in [0.2, 0.25) is 0 Å². The summed E-state index contributed by atoms with van der Waals surface area (Å²) in [5.74, 6) is 1.52. The van der Waals surface area contributed by atoms with Crippen molar-refractivity contribution in [3.8, 4) is 22.6 Å². The van der Waals surface area contributed by atoms with Gasteiger partial charge >= 0.3 is 0 Å². The SMILES string of the molecule is Cc1cc(C)c(Oc2ccc(C(C)(C)O)cc2-c2cn(C)c(=O)c3sccc23)c(C)c1. The van der Waals surface area contributed by atoms with E-state index in [2.05, 4.69) is 19.1 Å². The Hall–Kier alpha value is -2.89. The largest absolute Gasteiger partial charge is 0.456 e. The van der Waals surface area contributed by atoms with Crippen molar-refractivity contribution in [1.29, 1.82) is 0 Å². The highest BCUT2D eigenvalue weighted by atomic mass is 32.1. The topological polar surface area (TPSA) is 51.5 Å². The quantitative estimate of drug-likeness (QED) is 0.416. The van der Waals surface area contributed by atoms with Crippen LogP contribution in [0.25, 0.3) is 21.2 Å². The molecule has 0 fully saturated rings. The molecule has 0 aliphatic heterocycles. The number of rotatable bonds is 4. The minimum Gasteiger partial charge on any atom is -0.456 e. The standard InChI is InChI=1S/C26H27NO3S/c1-15-11-16(2)23(17(3)12-15)30-22-8-7-18(26(4,5)29)13-20(22)21-14-27(6)25(28)24-19(21)9-10-31-24/h7-14,29H,1-6H3. The first-order valence-electron chi connectivity index (χ1n) is 10.3. The number of aryl methyl sites for hydroxylation is 4. The normalized spacial score (nSPS) is 11.8. The van der Waals surface area contributed by atoms with Gasteiger partial charge in [0.05, 0.1) is 5.60 Å². The summed E-state index contributed by atoms with van der Waals surface area (Å²) in [7, 11) is 1.76. The Balaban J connectivity index is 1.98. The van der Waals surface area contributed by atoms with Gasteiger partial charge in [-0.1, -0.05) is 23.8 Å². The molecule has 31 heavy (non-hydrogen) atoms. The molecular formula is C26H27NO3S. The van der Waals surface area contributed by atoms with E-state index in [1.54, 1.807) is 25.5 Å². The van der Waals surface area contributed by atoms with Crippen molar-refractivity contribution in [2.75, 3.05) is 0 Å². The molecular weight excluding hydrogens is 406 g/mol. The van der Waals surface area contributed by atoms with Gasteiger partial charge in [0.15, 0.2) is 0 Å². The van der Waals surface area contributed by atoms with E-state index in [1.165, 1.54) is 16.9 Å². The molecule has 1 N–H and O–H groups in total. The van der Waals surface area contributed by atoms with E-state index >= 15 is 0 Å². The van der Waals surface area contributed by atoms with E-state index in [0.717, 1.165) is 39.0 Å². The first-order chi connectivity index (χ1) is 14.6. The molecule has 0 radical (unpaired) electrons. The van der Waals surface area contributed by atoms with E-state index < -0.39 is 5.60 Å². The summed E-state index contributed by atoms with van der Waals surface area (Å²) in [6.45, 7) is 9.70. The zero-order valence-corrected chi connectivity index (χ0v) is 19.6. The first-order valence-corrected chi connectivity index (χ1v) is 11.1. The minimum atomic E-state index is -1.00. The van der Waals surface area contributed by atoms with E-state index in [0.29, 0.717) is 10.4 Å². The molecule has 0 saturated heterocycles. The van der Waals surface area contributed by atoms with Crippen molar-refractivity contribution < 1.29 is 9.84 Å². The molecule has 4 nitrogen and oxygen atoms in total. The second kappa shape index (κ2) is 7.66. The number of aliphatic hydroxyl groups is 1. The number of ether oxygens (including phenoxy) is 1. The maximum absolute atomic E-state index is 12.6. The van der Waals surface area contributed by atoms with Gasteiger partial charge in [-0.25, -0.2) is 0 Å². The van der Waals surface area contributed by atoms with Crippen LogP contribution in [-0.2, 0) is 12.6 Å². The average molecular weight is 434 g/mol. The fraction of sp³-hybridized carbons (Fsp3) is 0.269. The number of thiophene rings is 1. The zero-order chi connectivity index (χ0) is 22.5. The molecule has 4 rings (SSSR count). The van der Waals surface area contributed by atoms with Crippen LogP contribution in [0.15, 0.2) is 52.8 Å². The monoisotopic (exact) mass is 433 g/mol. The van der Waals surface area contributed by atoms with Crippen LogP contribution in [0.4, 0.5) is 0 Å². The summed E-state index contributed by atoms with van der Waals surface area (Å²) in [5, 5.41) is 13.5. The second-order valence-corrected chi connectivity index (χ2v) is 9.64. The van der Waals surface area contributed by atoms with E-state index in [4.69, 9.17) is 4.74 Å². The highest BCUT2D eigenvalue weighted by Gasteiger charge is 2.21. The van der Waals surface area contributed by atoms with Gasteiger partial charge in [0, 0.05) is 29.8 Å². The van der Waals surface area contributed by atoms with Gasteiger partial charge in [0.1, 0.15) is 16.2 Å². The van der Waals surface area contributed by atoms with Crippen molar-refractivity contribution in [3.05, 3.63) is 80.6 Å². The molecule has 0 amide bonds. The van der Waals surface area contributed by atoms with Gasteiger partial charge in [0.2, 0.25) is 0 Å². The van der Waals surface area contributed by atoms with Crippen LogP contribution >= 0.6 is 11.3 Å². The van der Waals surface area contributed by atoms with Crippen molar-refractivity contribution >= 4 is 21.4 Å². The van der Waals surface area contributed by atoms with Crippen LogP contribution in [0.3, 0.4) is 0 Å². The lowest BCUT2D eigenvalue weighted by atomic mass is 9.93. The zero-order valence-electron chi connectivity index (χ0n) is 18.7. The summed E-state index contributed by atoms with van der Waals surface area (Å²) in [6, 6.07) is 12.0. The smallest absolute Gasteiger partial charge is 0.268 e. The third-order valence-corrected chi connectivity index (χ3v) is 6.49. The molecule has 4 aromatic rings. The fourth-order valence-corrected chi connectivity index (χ4v) is 4.92. The molecule has 0 aliphatic carbocycles. The van der Waals surface area contributed by atoms with Crippen molar-refractivity contribution in [2.24, 2.45) is 7.05 Å². The number of aromatic nitrogens is 1. The van der Waals surface area contributed by atoms with Crippen molar-refractivity contribution in [3.63, 3.8) is 0 Å². The van der Waals surface area contributed by atoms with E-state index in [-0.39, 0.29) is 5.56 Å². The van der Waals surface area contributed by atoms with Crippen LogP contribution in [-0.4, -0.2) is 9.67 Å². The maximum Gasteiger partial charge on any atom is 0.268 e. The van der Waals surface area contributed by atoms with Crippen molar-refractivity contribution in [2.45, 2.75) is 40.2 Å². The molecule has 0 saturated carbocycles. The van der Waals surface area contributed by atoms with E-state index in [1.807, 2.05) is 49.7 Å². The lowest BCUT2D eigenvalue weighted by molar-refractivity contribution is 0.0786. The molecule has 2 heterocycles. The Bertz CT molecular complexity index is 1330. The molecule has 0 unspecified atom stereocenters. The summed E-state index contributed by atoms with van der Waals surface area (Å²) in [6.07, 6.45) is 1.85. The predicted octanol–water partition coefficient (Wildman–Crippen LogP) is 6.21. The number of pyridine rings is 1. The van der Waals surface area contributed by atoms with Crippen LogP contribution < -0.4 is 10.3 Å². The van der Waals surface area contributed by atoms with Crippen LogP contribution in [0, 0.1) is 20.8 Å². The predicted molar refractivity (Wildman–Crippen MR) is 128 cm³/mol. The second-order valence-electron chi connectivity index (χ2n) is 8.72. The van der Waals surface area contributed by atoms with Gasteiger partial charge in [-0.05, 0) is 74.9 Å².